The Kier molecular flexibility index (Phi) is 8.43. The van der Waals surface area contributed by atoms with E-state index in [1.807, 2.05) is 11.3 Å². The van der Waals surface area contributed by atoms with Gasteiger partial charge in [-0.1, -0.05) is 52.0 Å². The Morgan fingerprint density at radius 2 is 1.95 bits per heavy atom. The lowest BCUT2D eigenvalue weighted by molar-refractivity contribution is 0.0975. The molecule has 0 aromatic carbocycles. The maximum absolute atomic E-state index is 6.12. The van der Waals surface area contributed by atoms with Gasteiger partial charge in [0.25, 0.3) is 0 Å². The lowest BCUT2D eigenvalue weighted by atomic mass is 9.91. The molecule has 0 amide bonds. The van der Waals surface area contributed by atoms with Crippen LogP contribution in [0.15, 0.2) is 17.5 Å². The predicted octanol–water partition coefficient (Wildman–Crippen LogP) is 4.65. The summed E-state index contributed by atoms with van der Waals surface area (Å²) >= 11 is 1.85. The van der Waals surface area contributed by atoms with Crippen LogP contribution < -0.4 is 5.73 Å². The van der Waals surface area contributed by atoms with Gasteiger partial charge in [-0.2, -0.15) is 0 Å². The second-order valence-electron chi connectivity index (χ2n) is 5.96. The molecule has 0 aliphatic rings. The summed E-state index contributed by atoms with van der Waals surface area (Å²) in [5, 5.41) is 2.16. The van der Waals surface area contributed by atoms with Crippen LogP contribution >= 0.6 is 11.3 Å². The smallest absolute Gasteiger partial charge is 0.0333 e. The molecule has 0 aliphatic heterocycles. The molecule has 0 saturated carbocycles. The van der Waals surface area contributed by atoms with Crippen molar-refractivity contribution in [2.75, 3.05) is 13.1 Å². The van der Waals surface area contributed by atoms with Gasteiger partial charge in [0.15, 0.2) is 0 Å². The Morgan fingerprint density at radius 1 is 1.20 bits per heavy atom. The van der Waals surface area contributed by atoms with Gasteiger partial charge in [0.1, 0.15) is 0 Å². The summed E-state index contributed by atoms with van der Waals surface area (Å²) in [5.74, 6) is 0. The van der Waals surface area contributed by atoms with E-state index in [2.05, 4.69) is 43.2 Å². The number of hydrogen-bond acceptors (Lipinski definition) is 3. The highest BCUT2D eigenvalue weighted by molar-refractivity contribution is 7.09. The summed E-state index contributed by atoms with van der Waals surface area (Å²) in [6.45, 7) is 9.71. The summed E-state index contributed by atoms with van der Waals surface area (Å²) in [6.07, 6.45) is 7.91. The SMILES string of the molecule is CCCCCCCC(C)(CN)N(CC)Cc1cccs1. The van der Waals surface area contributed by atoms with E-state index in [0.29, 0.717) is 0 Å². The normalized spacial score (nSPS) is 14.7. The molecule has 3 heteroatoms. The van der Waals surface area contributed by atoms with E-state index in [9.17, 15) is 0 Å². The molecular weight excluding hydrogens is 264 g/mol. The monoisotopic (exact) mass is 296 g/mol. The number of nitrogens with two attached hydrogens (primary N) is 1. The molecule has 0 saturated heterocycles. The number of likely N-dealkylation sites (N-methyl/N-ethyl adjacent to an activating group) is 1. The van der Waals surface area contributed by atoms with Crippen LogP contribution in [0.1, 0.15) is 64.2 Å². The maximum Gasteiger partial charge on any atom is 0.0333 e. The first-order chi connectivity index (χ1) is 9.66. The second kappa shape index (κ2) is 9.54. The van der Waals surface area contributed by atoms with Crippen molar-refractivity contribution in [1.29, 1.82) is 0 Å². The topological polar surface area (TPSA) is 29.3 Å². The van der Waals surface area contributed by atoms with Gasteiger partial charge in [-0.25, -0.2) is 0 Å². The van der Waals surface area contributed by atoms with Crippen LogP contribution in [-0.2, 0) is 6.54 Å². The average Bonchev–Trinajstić information content (AvgIpc) is 2.97. The largest absolute Gasteiger partial charge is 0.329 e. The van der Waals surface area contributed by atoms with Crippen molar-refractivity contribution in [3.8, 4) is 0 Å². The molecule has 1 aromatic heterocycles. The van der Waals surface area contributed by atoms with Crippen molar-refractivity contribution >= 4 is 11.3 Å². The fourth-order valence-corrected chi connectivity index (χ4v) is 3.49. The first-order valence-corrected chi connectivity index (χ1v) is 9.01. The fraction of sp³-hybridized carbons (Fsp3) is 0.765. The highest BCUT2D eigenvalue weighted by Crippen LogP contribution is 2.25. The Morgan fingerprint density at radius 3 is 2.50 bits per heavy atom. The van der Waals surface area contributed by atoms with E-state index in [4.69, 9.17) is 5.73 Å². The number of hydrogen-bond donors (Lipinski definition) is 1. The molecule has 2 nitrogen and oxygen atoms in total. The molecule has 0 spiro atoms. The third-order valence-electron chi connectivity index (χ3n) is 4.33. The molecule has 116 valence electrons. The van der Waals surface area contributed by atoms with E-state index >= 15 is 0 Å². The molecule has 1 heterocycles. The number of rotatable bonds is 11. The molecule has 1 rings (SSSR count). The average molecular weight is 297 g/mol. The number of unbranched alkanes of at least 4 members (excludes halogenated alkanes) is 4. The molecule has 20 heavy (non-hydrogen) atoms. The second-order valence-corrected chi connectivity index (χ2v) is 6.99. The molecule has 1 atom stereocenters. The Hall–Kier alpha value is -0.380. The van der Waals surface area contributed by atoms with Crippen LogP contribution in [0.2, 0.25) is 0 Å². The van der Waals surface area contributed by atoms with E-state index in [1.54, 1.807) is 0 Å². The van der Waals surface area contributed by atoms with Gasteiger partial charge >= 0.3 is 0 Å². The maximum atomic E-state index is 6.12. The minimum Gasteiger partial charge on any atom is -0.329 e. The first-order valence-electron chi connectivity index (χ1n) is 8.13. The molecule has 0 radical (unpaired) electrons. The zero-order chi connectivity index (χ0) is 14.8. The summed E-state index contributed by atoms with van der Waals surface area (Å²) < 4.78 is 0. The van der Waals surface area contributed by atoms with Crippen molar-refractivity contribution in [3.63, 3.8) is 0 Å². The number of thiophene rings is 1. The minimum atomic E-state index is 0.144. The van der Waals surface area contributed by atoms with Crippen molar-refractivity contribution in [3.05, 3.63) is 22.4 Å². The van der Waals surface area contributed by atoms with Crippen molar-refractivity contribution in [2.24, 2.45) is 5.73 Å². The molecule has 0 fully saturated rings. The third kappa shape index (κ3) is 5.55. The van der Waals surface area contributed by atoms with Crippen LogP contribution in [0.3, 0.4) is 0 Å². The Labute approximate surface area is 129 Å². The van der Waals surface area contributed by atoms with Crippen molar-refractivity contribution in [2.45, 2.75) is 71.4 Å². The Balaban J connectivity index is 2.50. The van der Waals surface area contributed by atoms with Gasteiger partial charge in [-0.3, -0.25) is 4.90 Å². The van der Waals surface area contributed by atoms with Crippen LogP contribution in [-0.4, -0.2) is 23.5 Å². The van der Waals surface area contributed by atoms with Gasteiger partial charge in [-0.05, 0) is 31.3 Å². The highest BCUT2D eigenvalue weighted by Gasteiger charge is 2.29. The summed E-state index contributed by atoms with van der Waals surface area (Å²) in [4.78, 5) is 4.00. The minimum absolute atomic E-state index is 0.144. The van der Waals surface area contributed by atoms with E-state index in [-0.39, 0.29) is 5.54 Å². The zero-order valence-electron chi connectivity index (χ0n) is 13.5. The first kappa shape index (κ1) is 17.7. The summed E-state index contributed by atoms with van der Waals surface area (Å²) in [6, 6.07) is 4.36. The van der Waals surface area contributed by atoms with E-state index < -0.39 is 0 Å². The molecule has 0 bridgehead atoms. The van der Waals surface area contributed by atoms with Crippen LogP contribution in [0, 0.1) is 0 Å². The van der Waals surface area contributed by atoms with Crippen LogP contribution in [0.5, 0.6) is 0 Å². The van der Waals surface area contributed by atoms with Crippen molar-refractivity contribution in [1.82, 2.24) is 4.90 Å². The van der Waals surface area contributed by atoms with Crippen LogP contribution in [0.25, 0.3) is 0 Å². The van der Waals surface area contributed by atoms with Gasteiger partial charge in [0.2, 0.25) is 0 Å². The third-order valence-corrected chi connectivity index (χ3v) is 5.19. The van der Waals surface area contributed by atoms with E-state index in [1.165, 1.54) is 43.4 Å². The Bertz CT molecular complexity index is 337. The molecule has 1 aromatic rings. The van der Waals surface area contributed by atoms with Gasteiger partial charge in [-0.15, -0.1) is 11.3 Å². The lowest BCUT2D eigenvalue weighted by Gasteiger charge is -2.40. The van der Waals surface area contributed by atoms with Gasteiger partial charge in [0.05, 0.1) is 0 Å². The molecular formula is C17H32N2S. The summed E-state index contributed by atoms with van der Waals surface area (Å²) in [5.41, 5.74) is 6.26. The van der Waals surface area contributed by atoms with Crippen molar-refractivity contribution < 1.29 is 0 Å². The van der Waals surface area contributed by atoms with Crippen LogP contribution in [0.4, 0.5) is 0 Å². The van der Waals surface area contributed by atoms with E-state index in [0.717, 1.165) is 19.6 Å². The molecule has 2 N–H and O–H groups in total. The van der Waals surface area contributed by atoms with Gasteiger partial charge < -0.3 is 5.73 Å². The summed E-state index contributed by atoms with van der Waals surface area (Å²) in [7, 11) is 0. The standard InChI is InChI=1S/C17H32N2S/c1-4-6-7-8-9-12-17(3,15-18)19(5-2)14-16-11-10-13-20-16/h10-11,13H,4-9,12,14-15,18H2,1-3H3. The molecule has 1 unspecified atom stereocenters. The predicted molar refractivity (Wildman–Crippen MR) is 91.2 cm³/mol. The lowest BCUT2D eigenvalue weighted by Crippen LogP contribution is -2.51. The number of nitrogens with zero attached hydrogens (tertiary/aromatic N) is 1. The fourth-order valence-electron chi connectivity index (χ4n) is 2.77. The highest BCUT2D eigenvalue weighted by atomic mass is 32.1. The quantitative estimate of drug-likeness (QED) is 0.602. The molecule has 0 aliphatic carbocycles. The van der Waals surface area contributed by atoms with Gasteiger partial charge in [0, 0.05) is 23.5 Å². The zero-order valence-corrected chi connectivity index (χ0v) is 14.3.